The normalized spacial score (nSPS) is 29.1. The topological polar surface area (TPSA) is 72.6 Å². The quantitative estimate of drug-likeness (QED) is 0.518. The van der Waals surface area contributed by atoms with Gasteiger partial charge in [-0.1, -0.05) is 0 Å². The Kier molecular flexibility index (Phi) is 2.70. The van der Waals surface area contributed by atoms with Gasteiger partial charge in [-0.2, -0.15) is 0 Å². The van der Waals surface area contributed by atoms with Crippen molar-refractivity contribution in [1.82, 2.24) is 4.90 Å². The van der Waals surface area contributed by atoms with Gasteiger partial charge in [0.25, 0.3) is 0 Å². The highest BCUT2D eigenvalue weighted by Gasteiger charge is 2.46. The average molecular weight is 228 g/mol. The van der Waals surface area contributed by atoms with Gasteiger partial charge in [0.2, 0.25) is 5.91 Å². The summed E-state index contributed by atoms with van der Waals surface area (Å²) in [5.74, 6) is 0.386. The predicted octanol–water partition coefficient (Wildman–Crippen LogP) is -0.324. The maximum atomic E-state index is 11.3. The zero-order valence-electron chi connectivity index (χ0n) is 8.30. The third kappa shape index (κ3) is 1.87. The van der Waals surface area contributed by atoms with Gasteiger partial charge in [0.15, 0.2) is 0 Å². The Morgan fingerprint density at radius 3 is 3.20 bits per heavy atom. The molecule has 0 bridgehead atoms. The maximum Gasteiger partial charge on any atom is 0.302 e. The summed E-state index contributed by atoms with van der Waals surface area (Å²) in [6, 6.07) is -0.374. The van der Waals surface area contributed by atoms with Gasteiger partial charge in [-0.25, -0.2) is 0 Å². The van der Waals surface area contributed by atoms with Crippen LogP contribution in [0.3, 0.4) is 0 Å². The lowest BCUT2D eigenvalue weighted by Gasteiger charge is -2.45. The molecule has 0 radical (unpaired) electrons. The van der Waals surface area contributed by atoms with Crippen molar-refractivity contribution < 1.29 is 14.3 Å². The number of ether oxygens (including phenoxy) is 1. The first-order chi connectivity index (χ1) is 7.09. The molecular formula is C9H12N2O3S. The van der Waals surface area contributed by atoms with Crippen LogP contribution in [0.25, 0.3) is 0 Å². The second-order valence-electron chi connectivity index (χ2n) is 3.54. The number of carbonyl (C=O) groups is 2. The number of hydrogen-bond donors (Lipinski definition) is 1. The van der Waals surface area contributed by atoms with Crippen molar-refractivity contribution in [2.75, 3.05) is 12.4 Å². The Morgan fingerprint density at radius 1 is 1.80 bits per heavy atom. The molecule has 0 saturated carbocycles. The number of amides is 1. The smallest absolute Gasteiger partial charge is 0.302 e. The lowest BCUT2D eigenvalue weighted by atomic mass is 10.1. The van der Waals surface area contributed by atoms with Crippen molar-refractivity contribution in [3.8, 4) is 0 Å². The highest BCUT2D eigenvalue weighted by Crippen LogP contribution is 2.34. The summed E-state index contributed by atoms with van der Waals surface area (Å²) in [6.45, 7) is 1.62. The van der Waals surface area contributed by atoms with E-state index >= 15 is 0 Å². The van der Waals surface area contributed by atoms with Crippen LogP contribution in [0.5, 0.6) is 0 Å². The summed E-state index contributed by atoms with van der Waals surface area (Å²) in [4.78, 5) is 23.5. The predicted molar refractivity (Wildman–Crippen MR) is 55.8 cm³/mol. The number of β-lactam (4-membered cyclic amide) rings is 1. The minimum absolute atomic E-state index is 0.0625. The lowest BCUT2D eigenvalue weighted by molar-refractivity contribution is -0.140. The molecule has 0 unspecified atom stereocenters. The highest BCUT2D eigenvalue weighted by atomic mass is 32.2. The van der Waals surface area contributed by atoms with Gasteiger partial charge >= 0.3 is 5.97 Å². The fourth-order valence-electron chi connectivity index (χ4n) is 1.53. The van der Waals surface area contributed by atoms with Crippen molar-refractivity contribution in [3.63, 3.8) is 0 Å². The molecule has 5 nitrogen and oxygen atoms in total. The molecule has 0 aromatic heterocycles. The van der Waals surface area contributed by atoms with Gasteiger partial charge in [0, 0.05) is 18.9 Å². The van der Waals surface area contributed by atoms with Crippen molar-refractivity contribution in [1.29, 1.82) is 0 Å². The first-order valence-electron chi connectivity index (χ1n) is 4.62. The molecule has 82 valence electrons. The molecule has 0 aliphatic carbocycles. The molecule has 1 amide bonds. The highest BCUT2D eigenvalue weighted by molar-refractivity contribution is 8.00. The van der Waals surface area contributed by atoms with E-state index in [9.17, 15) is 9.59 Å². The van der Waals surface area contributed by atoms with Gasteiger partial charge in [-0.3, -0.25) is 9.59 Å². The standard InChI is InChI=1S/C9H12N2O3S/c1-5(12)14-3-6-2-11-8(13)7(10)9(11)15-4-6/h2,7,9H,3-4,10H2,1H3/t7-,9-/m1/s1. The van der Waals surface area contributed by atoms with Crippen LogP contribution in [-0.4, -0.2) is 40.6 Å². The second kappa shape index (κ2) is 3.86. The number of rotatable bonds is 2. The molecule has 0 aromatic rings. The van der Waals surface area contributed by atoms with E-state index < -0.39 is 0 Å². The van der Waals surface area contributed by atoms with Crippen molar-refractivity contribution in [2.45, 2.75) is 18.3 Å². The Morgan fingerprint density at radius 2 is 2.53 bits per heavy atom. The number of esters is 1. The molecule has 0 aromatic carbocycles. The van der Waals surface area contributed by atoms with Gasteiger partial charge in [0.1, 0.15) is 18.0 Å². The van der Waals surface area contributed by atoms with E-state index in [1.54, 1.807) is 22.9 Å². The summed E-state index contributed by atoms with van der Waals surface area (Å²) in [6.07, 6.45) is 1.75. The van der Waals surface area contributed by atoms with Gasteiger partial charge in [-0.05, 0) is 5.57 Å². The monoisotopic (exact) mass is 228 g/mol. The van der Waals surface area contributed by atoms with Crippen LogP contribution in [0, 0.1) is 0 Å². The lowest BCUT2D eigenvalue weighted by Crippen LogP contribution is -2.66. The Labute approximate surface area is 91.6 Å². The number of thioether (sulfide) groups is 1. The zero-order valence-corrected chi connectivity index (χ0v) is 9.12. The second-order valence-corrected chi connectivity index (χ2v) is 4.65. The number of nitrogens with zero attached hydrogens (tertiary/aromatic N) is 1. The minimum atomic E-state index is -0.374. The van der Waals surface area contributed by atoms with Crippen LogP contribution in [-0.2, 0) is 14.3 Å². The summed E-state index contributed by atoms with van der Waals surface area (Å²) in [5, 5.41) is 0.0681. The van der Waals surface area contributed by atoms with E-state index in [4.69, 9.17) is 10.5 Å². The maximum absolute atomic E-state index is 11.3. The molecule has 2 N–H and O–H groups in total. The Hall–Kier alpha value is -1.01. The third-order valence-corrected chi connectivity index (χ3v) is 3.74. The fourth-order valence-corrected chi connectivity index (χ4v) is 2.72. The number of nitrogens with two attached hydrogens (primary N) is 1. The van der Waals surface area contributed by atoms with Gasteiger partial charge in [0.05, 0.1) is 0 Å². The summed E-state index contributed by atoms with van der Waals surface area (Å²) >= 11 is 1.61. The summed E-state index contributed by atoms with van der Waals surface area (Å²) < 4.78 is 4.86. The number of fused-ring (bicyclic) bond motifs is 1. The van der Waals surface area contributed by atoms with Crippen LogP contribution in [0.15, 0.2) is 11.8 Å². The fraction of sp³-hybridized carbons (Fsp3) is 0.556. The molecular weight excluding hydrogens is 216 g/mol. The van der Waals surface area contributed by atoms with Gasteiger partial charge < -0.3 is 15.4 Å². The molecule has 0 spiro atoms. The Bertz CT molecular complexity index is 342. The summed E-state index contributed by atoms with van der Waals surface area (Å²) in [7, 11) is 0. The third-order valence-electron chi connectivity index (χ3n) is 2.34. The van der Waals surface area contributed by atoms with Crippen molar-refractivity contribution in [3.05, 3.63) is 11.8 Å². The molecule has 1 fully saturated rings. The zero-order chi connectivity index (χ0) is 11.0. The Balaban J connectivity index is 1.96. The average Bonchev–Trinajstić information content (AvgIpc) is 2.24. The molecule has 6 heteroatoms. The van der Waals surface area contributed by atoms with Crippen molar-refractivity contribution in [2.24, 2.45) is 5.73 Å². The number of hydrogen-bond acceptors (Lipinski definition) is 5. The van der Waals surface area contributed by atoms with Crippen molar-refractivity contribution >= 4 is 23.6 Å². The van der Waals surface area contributed by atoms with E-state index in [0.29, 0.717) is 0 Å². The van der Waals surface area contributed by atoms with E-state index in [-0.39, 0.29) is 29.9 Å². The molecule has 2 atom stereocenters. The minimum Gasteiger partial charge on any atom is -0.461 e. The molecule has 2 aliphatic rings. The molecule has 2 aliphatic heterocycles. The molecule has 15 heavy (non-hydrogen) atoms. The van der Waals surface area contributed by atoms with E-state index in [0.717, 1.165) is 11.3 Å². The number of carbonyl (C=O) groups excluding carboxylic acids is 2. The van der Waals surface area contributed by atoms with Crippen LogP contribution in [0.4, 0.5) is 0 Å². The van der Waals surface area contributed by atoms with E-state index in [2.05, 4.69) is 0 Å². The first kappa shape index (κ1) is 10.5. The SMILES string of the molecule is CC(=O)OCC1=CN2C(=O)[C@@H](N)[C@H]2SC1. The van der Waals surface area contributed by atoms with E-state index in [1.165, 1.54) is 6.92 Å². The van der Waals surface area contributed by atoms with Crippen LogP contribution < -0.4 is 5.73 Å². The largest absolute Gasteiger partial charge is 0.461 e. The first-order valence-corrected chi connectivity index (χ1v) is 5.67. The van der Waals surface area contributed by atoms with Gasteiger partial charge in [-0.15, -0.1) is 11.8 Å². The summed E-state index contributed by atoms with van der Waals surface area (Å²) in [5.41, 5.74) is 6.55. The molecule has 1 saturated heterocycles. The van der Waals surface area contributed by atoms with Crippen LogP contribution >= 0.6 is 11.8 Å². The van der Waals surface area contributed by atoms with E-state index in [1.807, 2.05) is 0 Å². The van der Waals surface area contributed by atoms with Crippen LogP contribution in [0.1, 0.15) is 6.92 Å². The molecule has 2 rings (SSSR count). The van der Waals surface area contributed by atoms with Crippen LogP contribution in [0.2, 0.25) is 0 Å². The molecule has 2 heterocycles.